The molecule has 1 aliphatic heterocycles. The van der Waals surface area contributed by atoms with Crippen molar-refractivity contribution in [3.63, 3.8) is 0 Å². The standard InChI is InChI=1S/C20H21NO3/c22-19(16-5-2-1-3-6-16)13-18-7-4-12-21(18)14-15-8-10-17(11-9-15)20(23)24/h1-3,5-6,8-11,18H,4,7,12-14H2,(H,23,24). The molecule has 24 heavy (non-hydrogen) atoms. The van der Waals surface area contributed by atoms with Crippen LogP contribution in [0.25, 0.3) is 0 Å². The molecular weight excluding hydrogens is 302 g/mol. The van der Waals surface area contributed by atoms with E-state index in [1.807, 2.05) is 42.5 Å². The summed E-state index contributed by atoms with van der Waals surface area (Å²) >= 11 is 0. The highest BCUT2D eigenvalue weighted by Gasteiger charge is 2.26. The largest absolute Gasteiger partial charge is 0.478 e. The van der Waals surface area contributed by atoms with E-state index in [1.54, 1.807) is 12.1 Å². The summed E-state index contributed by atoms with van der Waals surface area (Å²) in [6.07, 6.45) is 2.67. The monoisotopic (exact) mass is 323 g/mol. The summed E-state index contributed by atoms with van der Waals surface area (Å²) in [6, 6.07) is 16.7. The molecule has 2 aromatic rings. The first-order chi connectivity index (χ1) is 11.6. The number of benzene rings is 2. The number of nitrogens with zero attached hydrogens (tertiary/aromatic N) is 1. The lowest BCUT2D eigenvalue weighted by molar-refractivity contribution is 0.0696. The van der Waals surface area contributed by atoms with Crippen molar-refractivity contribution in [3.05, 3.63) is 71.3 Å². The molecule has 0 bridgehead atoms. The van der Waals surface area contributed by atoms with E-state index in [0.717, 1.165) is 37.1 Å². The first kappa shape index (κ1) is 16.4. The van der Waals surface area contributed by atoms with Gasteiger partial charge in [0, 0.05) is 24.6 Å². The Balaban J connectivity index is 1.63. The van der Waals surface area contributed by atoms with Gasteiger partial charge in [0.1, 0.15) is 0 Å². The highest BCUT2D eigenvalue weighted by Crippen LogP contribution is 2.24. The summed E-state index contributed by atoms with van der Waals surface area (Å²) in [5.41, 5.74) is 2.16. The Morgan fingerprint density at radius 1 is 1.00 bits per heavy atom. The van der Waals surface area contributed by atoms with Gasteiger partial charge in [-0.2, -0.15) is 0 Å². The van der Waals surface area contributed by atoms with Crippen molar-refractivity contribution in [2.45, 2.75) is 31.8 Å². The Hall–Kier alpha value is -2.46. The van der Waals surface area contributed by atoms with Crippen molar-refractivity contribution >= 4 is 11.8 Å². The van der Waals surface area contributed by atoms with Gasteiger partial charge >= 0.3 is 5.97 Å². The lowest BCUT2D eigenvalue weighted by atomic mass is 10.0. The molecular formula is C20H21NO3. The second-order valence-electron chi connectivity index (χ2n) is 6.26. The minimum Gasteiger partial charge on any atom is -0.478 e. The molecule has 0 radical (unpaired) electrons. The molecule has 1 fully saturated rings. The fourth-order valence-corrected chi connectivity index (χ4v) is 3.28. The molecule has 1 heterocycles. The molecule has 0 aromatic heterocycles. The van der Waals surface area contributed by atoms with Crippen LogP contribution in [0, 0.1) is 0 Å². The zero-order valence-corrected chi connectivity index (χ0v) is 13.5. The summed E-state index contributed by atoms with van der Waals surface area (Å²) in [6.45, 7) is 1.74. The van der Waals surface area contributed by atoms with Crippen molar-refractivity contribution in [1.29, 1.82) is 0 Å². The van der Waals surface area contributed by atoms with Gasteiger partial charge in [0.25, 0.3) is 0 Å². The van der Waals surface area contributed by atoms with E-state index in [9.17, 15) is 9.59 Å². The Kier molecular flexibility index (Phi) is 5.06. The summed E-state index contributed by atoms with van der Waals surface area (Å²) in [5, 5.41) is 8.96. The summed E-state index contributed by atoms with van der Waals surface area (Å²) < 4.78 is 0. The molecule has 0 amide bonds. The number of carbonyl (C=O) groups excluding carboxylic acids is 1. The summed E-state index contributed by atoms with van der Waals surface area (Å²) in [4.78, 5) is 25.7. The highest BCUT2D eigenvalue weighted by molar-refractivity contribution is 5.96. The van der Waals surface area contributed by atoms with Gasteiger partial charge < -0.3 is 5.11 Å². The third-order valence-corrected chi connectivity index (χ3v) is 4.60. The quantitative estimate of drug-likeness (QED) is 0.825. The number of rotatable bonds is 6. The highest BCUT2D eigenvalue weighted by atomic mass is 16.4. The number of hydrogen-bond donors (Lipinski definition) is 1. The van der Waals surface area contributed by atoms with E-state index in [1.165, 1.54) is 0 Å². The number of hydrogen-bond acceptors (Lipinski definition) is 3. The van der Waals surface area contributed by atoms with Crippen molar-refractivity contribution in [2.24, 2.45) is 0 Å². The first-order valence-corrected chi connectivity index (χ1v) is 8.28. The van der Waals surface area contributed by atoms with Gasteiger partial charge in [-0.3, -0.25) is 9.69 Å². The first-order valence-electron chi connectivity index (χ1n) is 8.28. The number of carbonyl (C=O) groups is 2. The van der Waals surface area contributed by atoms with E-state index in [4.69, 9.17) is 5.11 Å². The van der Waals surface area contributed by atoms with Crippen LogP contribution in [0.1, 0.15) is 45.5 Å². The number of ketones is 1. The van der Waals surface area contributed by atoms with Gasteiger partial charge in [0.05, 0.1) is 5.56 Å². The van der Waals surface area contributed by atoms with Crippen LogP contribution in [-0.2, 0) is 6.54 Å². The van der Waals surface area contributed by atoms with Gasteiger partial charge in [-0.1, -0.05) is 42.5 Å². The fourth-order valence-electron chi connectivity index (χ4n) is 3.28. The predicted octanol–water partition coefficient (Wildman–Crippen LogP) is 3.62. The predicted molar refractivity (Wildman–Crippen MR) is 92.2 cm³/mol. The lowest BCUT2D eigenvalue weighted by Crippen LogP contribution is -2.31. The van der Waals surface area contributed by atoms with Gasteiger partial charge in [-0.05, 0) is 37.1 Å². The Bertz CT molecular complexity index is 709. The molecule has 1 saturated heterocycles. The molecule has 4 nitrogen and oxygen atoms in total. The van der Waals surface area contributed by atoms with E-state index in [-0.39, 0.29) is 11.8 Å². The second kappa shape index (κ2) is 7.41. The summed E-state index contributed by atoms with van der Waals surface area (Å²) in [7, 11) is 0. The SMILES string of the molecule is O=C(O)c1ccc(CN2CCCC2CC(=O)c2ccccc2)cc1. The molecule has 1 unspecified atom stereocenters. The molecule has 1 N–H and O–H groups in total. The third kappa shape index (κ3) is 3.89. The number of carboxylic acid groups (broad SMARTS) is 1. The lowest BCUT2D eigenvalue weighted by Gasteiger charge is -2.24. The summed E-state index contributed by atoms with van der Waals surface area (Å²) in [5.74, 6) is -0.720. The molecule has 0 spiro atoms. The van der Waals surface area contributed by atoms with Crippen molar-refractivity contribution < 1.29 is 14.7 Å². The van der Waals surface area contributed by atoms with Crippen LogP contribution in [-0.4, -0.2) is 34.3 Å². The van der Waals surface area contributed by atoms with E-state index in [0.29, 0.717) is 12.0 Å². The van der Waals surface area contributed by atoms with Crippen molar-refractivity contribution in [1.82, 2.24) is 4.90 Å². The van der Waals surface area contributed by atoms with Crippen LogP contribution >= 0.6 is 0 Å². The van der Waals surface area contributed by atoms with Crippen LogP contribution in [0.15, 0.2) is 54.6 Å². The number of Topliss-reactive ketones (excluding diaryl/α,β-unsaturated/α-hetero) is 1. The maximum atomic E-state index is 12.4. The average molecular weight is 323 g/mol. The van der Waals surface area contributed by atoms with Gasteiger partial charge in [-0.15, -0.1) is 0 Å². The molecule has 4 heteroatoms. The van der Waals surface area contributed by atoms with Crippen LogP contribution in [0.4, 0.5) is 0 Å². The zero-order valence-electron chi connectivity index (χ0n) is 13.5. The zero-order chi connectivity index (χ0) is 16.9. The molecule has 2 aromatic carbocycles. The van der Waals surface area contributed by atoms with Crippen molar-refractivity contribution in [2.75, 3.05) is 6.54 Å². The minimum absolute atomic E-state index is 0.189. The van der Waals surface area contributed by atoms with Gasteiger partial charge in [-0.25, -0.2) is 4.79 Å². The van der Waals surface area contributed by atoms with Gasteiger partial charge in [0.2, 0.25) is 0 Å². The Morgan fingerprint density at radius 3 is 2.38 bits per heavy atom. The van der Waals surface area contributed by atoms with E-state index >= 15 is 0 Å². The molecule has 0 saturated carbocycles. The van der Waals surface area contributed by atoms with E-state index in [2.05, 4.69) is 4.90 Å². The molecule has 1 aliphatic rings. The average Bonchev–Trinajstić information content (AvgIpc) is 3.03. The molecule has 124 valence electrons. The Morgan fingerprint density at radius 2 is 1.71 bits per heavy atom. The fraction of sp³-hybridized carbons (Fsp3) is 0.300. The van der Waals surface area contributed by atoms with Crippen molar-refractivity contribution in [3.8, 4) is 0 Å². The number of likely N-dealkylation sites (tertiary alicyclic amines) is 1. The third-order valence-electron chi connectivity index (χ3n) is 4.60. The van der Waals surface area contributed by atoms with Crippen LogP contribution < -0.4 is 0 Å². The maximum Gasteiger partial charge on any atom is 0.335 e. The molecule has 1 atom stereocenters. The van der Waals surface area contributed by atoms with Crippen LogP contribution in [0.2, 0.25) is 0 Å². The number of aromatic carboxylic acids is 1. The van der Waals surface area contributed by atoms with Crippen LogP contribution in [0.3, 0.4) is 0 Å². The topological polar surface area (TPSA) is 57.6 Å². The normalized spacial score (nSPS) is 17.8. The van der Waals surface area contributed by atoms with Gasteiger partial charge in [0.15, 0.2) is 5.78 Å². The maximum absolute atomic E-state index is 12.4. The second-order valence-corrected chi connectivity index (χ2v) is 6.26. The molecule has 3 rings (SSSR count). The Labute approximate surface area is 141 Å². The van der Waals surface area contributed by atoms with Crippen LogP contribution in [0.5, 0.6) is 0 Å². The van der Waals surface area contributed by atoms with E-state index < -0.39 is 5.97 Å². The number of carboxylic acids is 1. The minimum atomic E-state index is -0.908. The smallest absolute Gasteiger partial charge is 0.335 e. The molecule has 0 aliphatic carbocycles.